The predicted octanol–water partition coefficient (Wildman–Crippen LogP) is 4.73. The Morgan fingerprint density at radius 3 is 2.83 bits per heavy atom. The fourth-order valence-corrected chi connectivity index (χ4v) is 4.61. The number of rotatable bonds is 6. The van der Waals surface area contributed by atoms with Gasteiger partial charge in [-0.05, 0) is 67.5 Å². The van der Waals surface area contributed by atoms with Crippen LogP contribution in [0.15, 0.2) is 47.1 Å². The summed E-state index contributed by atoms with van der Waals surface area (Å²) in [6.45, 7) is 2.46. The number of carbonyl (C=O) groups is 1. The van der Waals surface area contributed by atoms with Gasteiger partial charge in [0.25, 0.3) is 5.91 Å². The zero-order valence-electron chi connectivity index (χ0n) is 16.6. The molecule has 30 heavy (non-hydrogen) atoms. The molecule has 156 valence electrons. The standard InChI is InChI=1S/C22H23BrN4O2S/c1-13-9-20(30-27-13)15-10-17(21(24)25-11-15)22(28)26-18-3-2-4-19(18)29-12-14-5-7-16(23)8-6-14/h5-11,18-19H,2-4,12H2,1H3,(H2,24,25)(H,26,28)/t18-,19-/m0/s1. The average molecular weight is 487 g/mol. The molecular weight excluding hydrogens is 464 g/mol. The molecule has 0 radical (unpaired) electrons. The predicted molar refractivity (Wildman–Crippen MR) is 122 cm³/mol. The number of nitrogens with zero attached hydrogens (tertiary/aromatic N) is 2. The Bertz CT molecular complexity index is 1040. The first-order valence-electron chi connectivity index (χ1n) is 9.86. The number of nitrogen functional groups attached to an aromatic ring is 1. The lowest BCUT2D eigenvalue weighted by atomic mass is 10.1. The number of benzene rings is 1. The number of aryl methyl sites for hydroxylation is 1. The summed E-state index contributed by atoms with van der Waals surface area (Å²) in [6.07, 6.45) is 4.50. The van der Waals surface area contributed by atoms with Gasteiger partial charge < -0.3 is 15.8 Å². The topological polar surface area (TPSA) is 90.1 Å². The molecule has 0 spiro atoms. The first-order chi connectivity index (χ1) is 14.5. The molecule has 1 aliphatic rings. The lowest BCUT2D eigenvalue weighted by Crippen LogP contribution is -2.41. The lowest BCUT2D eigenvalue weighted by Gasteiger charge is -2.22. The van der Waals surface area contributed by atoms with Crippen molar-refractivity contribution in [2.75, 3.05) is 5.73 Å². The van der Waals surface area contributed by atoms with Gasteiger partial charge in [-0.2, -0.15) is 4.37 Å². The van der Waals surface area contributed by atoms with Gasteiger partial charge in [-0.25, -0.2) is 4.98 Å². The molecule has 0 bridgehead atoms. The van der Waals surface area contributed by atoms with Crippen molar-refractivity contribution >= 4 is 39.2 Å². The molecule has 1 saturated carbocycles. The van der Waals surface area contributed by atoms with Crippen molar-refractivity contribution in [1.29, 1.82) is 0 Å². The van der Waals surface area contributed by atoms with Crippen LogP contribution in [0.5, 0.6) is 0 Å². The van der Waals surface area contributed by atoms with Crippen molar-refractivity contribution < 1.29 is 9.53 Å². The fraction of sp³-hybridized carbons (Fsp3) is 0.318. The maximum Gasteiger partial charge on any atom is 0.255 e. The number of carbonyl (C=O) groups excluding carboxylic acids is 1. The van der Waals surface area contributed by atoms with Gasteiger partial charge in [-0.1, -0.05) is 28.1 Å². The molecule has 1 aromatic carbocycles. The van der Waals surface area contributed by atoms with Gasteiger partial charge >= 0.3 is 0 Å². The molecular formula is C22H23BrN4O2S. The molecule has 0 unspecified atom stereocenters. The second kappa shape index (κ2) is 9.24. The van der Waals surface area contributed by atoms with Crippen LogP contribution in [-0.4, -0.2) is 27.4 Å². The lowest BCUT2D eigenvalue weighted by molar-refractivity contribution is 0.0272. The van der Waals surface area contributed by atoms with Gasteiger partial charge in [-0.3, -0.25) is 4.79 Å². The SMILES string of the molecule is Cc1cc(-c2cnc(N)c(C(=O)N[C@H]3CCC[C@@H]3OCc3ccc(Br)cc3)c2)sn1. The van der Waals surface area contributed by atoms with E-state index in [1.807, 2.05) is 37.3 Å². The number of amides is 1. The van der Waals surface area contributed by atoms with Gasteiger partial charge in [0.2, 0.25) is 0 Å². The highest BCUT2D eigenvalue weighted by Crippen LogP contribution is 2.28. The molecule has 1 aliphatic carbocycles. The molecule has 3 N–H and O–H groups in total. The monoisotopic (exact) mass is 486 g/mol. The number of hydrogen-bond acceptors (Lipinski definition) is 6. The highest BCUT2D eigenvalue weighted by atomic mass is 79.9. The molecule has 0 saturated heterocycles. The average Bonchev–Trinajstić information content (AvgIpc) is 3.36. The summed E-state index contributed by atoms with van der Waals surface area (Å²) < 4.78 is 11.5. The highest BCUT2D eigenvalue weighted by molar-refractivity contribution is 9.10. The highest BCUT2D eigenvalue weighted by Gasteiger charge is 2.30. The van der Waals surface area contributed by atoms with E-state index in [1.165, 1.54) is 11.5 Å². The van der Waals surface area contributed by atoms with Crippen LogP contribution in [0.25, 0.3) is 10.4 Å². The summed E-state index contributed by atoms with van der Waals surface area (Å²) in [4.78, 5) is 18.2. The van der Waals surface area contributed by atoms with Crippen molar-refractivity contribution in [3.8, 4) is 10.4 Å². The van der Waals surface area contributed by atoms with Gasteiger partial charge in [0.05, 0.1) is 34.9 Å². The van der Waals surface area contributed by atoms with Crippen molar-refractivity contribution in [3.05, 3.63) is 63.9 Å². The van der Waals surface area contributed by atoms with Crippen molar-refractivity contribution in [2.45, 2.75) is 44.9 Å². The van der Waals surface area contributed by atoms with Crippen LogP contribution in [0.4, 0.5) is 5.82 Å². The maximum absolute atomic E-state index is 13.0. The van der Waals surface area contributed by atoms with E-state index < -0.39 is 0 Å². The third-order valence-electron chi connectivity index (χ3n) is 5.22. The number of pyridine rings is 1. The van der Waals surface area contributed by atoms with Crippen molar-refractivity contribution in [3.63, 3.8) is 0 Å². The number of hydrogen-bond donors (Lipinski definition) is 2. The molecule has 1 amide bonds. The number of halogens is 1. The summed E-state index contributed by atoms with van der Waals surface area (Å²) in [6, 6.07) is 11.8. The van der Waals surface area contributed by atoms with E-state index in [-0.39, 0.29) is 23.9 Å². The van der Waals surface area contributed by atoms with Crippen molar-refractivity contribution in [2.24, 2.45) is 0 Å². The smallest absolute Gasteiger partial charge is 0.255 e. The van der Waals surface area contributed by atoms with Crippen LogP contribution in [0.3, 0.4) is 0 Å². The molecule has 0 aliphatic heterocycles. The summed E-state index contributed by atoms with van der Waals surface area (Å²) >= 11 is 4.82. The number of ether oxygens (including phenoxy) is 1. The quantitative estimate of drug-likeness (QED) is 0.525. The minimum Gasteiger partial charge on any atom is -0.383 e. The minimum absolute atomic E-state index is 0.0147. The molecule has 3 aromatic rings. The molecule has 2 aromatic heterocycles. The van der Waals surface area contributed by atoms with Gasteiger partial charge in [0.1, 0.15) is 5.82 Å². The van der Waals surface area contributed by atoms with E-state index in [4.69, 9.17) is 10.5 Å². The normalized spacial score (nSPS) is 18.5. The van der Waals surface area contributed by atoms with E-state index in [0.29, 0.717) is 12.2 Å². The number of nitrogens with one attached hydrogen (secondary N) is 1. The summed E-state index contributed by atoms with van der Waals surface area (Å²) in [5.41, 5.74) is 9.29. The van der Waals surface area contributed by atoms with Crippen molar-refractivity contribution in [1.82, 2.24) is 14.7 Å². The summed E-state index contributed by atoms with van der Waals surface area (Å²) in [5.74, 6) is 0.00930. The molecule has 2 atom stereocenters. The van der Waals surface area contributed by atoms with Gasteiger partial charge in [0.15, 0.2) is 0 Å². The Hall–Kier alpha value is -2.29. The van der Waals surface area contributed by atoms with Crippen LogP contribution >= 0.6 is 27.5 Å². The molecule has 8 heteroatoms. The fourth-order valence-electron chi connectivity index (χ4n) is 3.61. The van der Waals surface area contributed by atoms with E-state index in [9.17, 15) is 4.79 Å². The number of anilines is 1. The van der Waals surface area contributed by atoms with Crippen LogP contribution in [-0.2, 0) is 11.3 Å². The Labute approximate surface area is 188 Å². The zero-order chi connectivity index (χ0) is 21.1. The van der Waals surface area contributed by atoms with Crippen LogP contribution in [0.1, 0.15) is 40.9 Å². The first-order valence-corrected chi connectivity index (χ1v) is 11.4. The Balaban J connectivity index is 1.43. The largest absolute Gasteiger partial charge is 0.383 e. The van der Waals surface area contributed by atoms with E-state index in [0.717, 1.165) is 45.4 Å². The third-order valence-corrected chi connectivity index (χ3v) is 6.68. The second-order valence-corrected chi connectivity index (χ2v) is 9.20. The van der Waals surface area contributed by atoms with Gasteiger partial charge in [-0.15, -0.1) is 0 Å². The number of nitrogens with two attached hydrogens (primary N) is 1. The Morgan fingerprint density at radius 2 is 2.10 bits per heavy atom. The van der Waals surface area contributed by atoms with E-state index in [2.05, 4.69) is 30.6 Å². The van der Waals surface area contributed by atoms with Crippen LogP contribution in [0, 0.1) is 6.92 Å². The van der Waals surface area contributed by atoms with Crippen LogP contribution < -0.4 is 11.1 Å². The van der Waals surface area contributed by atoms with Crippen LogP contribution in [0.2, 0.25) is 0 Å². The van der Waals surface area contributed by atoms with Gasteiger partial charge in [0, 0.05) is 16.2 Å². The molecule has 6 nitrogen and oxygen atoms in total. The van der Waals surface area contributed by atoms with E-state index in [1.54, 1.807) is 12.3 Å². The van der Waals surface area contributed by atoms with E-state index >= 15 is 0 Å². The molecule has 1 fully saturated rings. The summed E-state index contributed by atoms with van der Waals surface area (Å²) in [7, 11) is 0. The Kier molecular flexibility index (Phi) is 6.46. The first kappa shape index (κ1) is 21.0. The zero-order valence-corrected chi connectivity index (χ0v) is 19.0. The minimum atomic E-state index is -0.216. The second-order valence-electron chi connectivity index (χ2n) is 7.48. The summed E-state index contributed by atoms with van der Waals surface area (Å²) in [5, 5.41) is 3.11. The maximum atomic E-state index is 13.0. The molecule has 4 rings (SSSR count). The number of aromatic nitrogens is 2. The molecule has 2 heterocycles. The Morgan fingerprint density at radius 1 is 1.30 bits per heavy atom. The third kappa shape index (κ3) is 4.88.